The van der Waals surface area contributed by atoms with E-state index in [9.17, 15) is 0 Å². The maximum absolute atomic E-state index is 9.17. The molecule has 0 radical (unpaired) electrons. The van der Waals surface area contributed by atoms with Crippen molar-refractivity contribution in [2.75, 3.05) is 19.8 Å². The first-order valence-electron chi connectivity index (χ1n) is 7.98. The maximum atomic E-state index is 9.17. The van der Waals surface area contributed by atoms with Crippen molar-refractivity contribution in [2.24, 2.45) is 5.73 Å². The van der Waals surface area contributed by atoms with Gasteiger partial charge in [-0.3, -0.25) is 0 Å². The molecular formula is C19H24ClNO3. The number of benzene rings is 2. The summed E-state index contributed by atoms with van der Waals surface area (Å²) < 4.78 is 11.2. The van der Waals surface area contributed by atoms with Gasteiger partial charge in [0.1, 0.15) is 24.7 Å². The molecule has 2 aromatic rings. The van der Waals surface area contributed by atoms with E-state index < -0.39 is 5.54 Å². The molecule has 0 bridgehead atoms. The van der Waals surface area contributed by atoms with Crippen LogP contribution < -0.4 is 15.2 Å². The third-order valence-corrected chi connectivity index (χ3v) is 3.96. The summed E-state index contributed by atoms with van der Waals surface area (Å²) in [6.45, 7) is 2.77. The van der Waals surface area contributed by atoms with E-state index in [1.807, 2.05) is 43.3 Å². The average Bonchev–Trinajstić information content (AvgIpc) is 2.59. The average molecular weight is 350 g/mol. The van der Waals surface area contributed by atoms with Crippen molar-refractivity contribution in [2.45, 2.75) is 25.3 Å². The van der Waals surface area contributed by atoms with Gasteiger partial charge in [-0.15, -0.1) is 0 Å². The number of halogens is 1. The Hall–Kier alpha value is -1.75. The lowest BCUT2D eigenvalue weighted by Gasteiger charge is -2.21. The molecule has 0 heterocycles. The van der Waals surface area contributed by atoms with Gasteiger partial charge in [-0.2, -0.15) is 0 Å². The zero-order chi connectivity index (χ0) is 17.4. The highest BCUT2D eigenvalue weighted by molar-refractivity contribution is 6.30. The van der Waals surface area contributed by atoms with Crippen LogP contribution in [-0.4, -0.2) is 30.5 Å². The lowest BCUT2D eigenvalue weighted by atomic mass is 9.95. The van der Waals surface area contributed by atoms with Gasteiger partial charge in [-0.1, -0.05) is 23.7 Å². The van der Waals surface area contributed by atoms with Gasteiger partial charge in [0.25, 0.3) is 0 Å². The van der Waals surface area contributed by atoms with Crippen LogP contribution in [0, 0.1) is 0 Å². The zero-order valence-corrected chi connectivity index (χ0v) is 14.6. The van der Waals surface area contributed by atoms with E-state index in [1.54, 1.807) is 12.1 Å². The number of aliphatic hydroxyl groups is 1. The van der Waals surface area contributed by atoms with E-state index in [0.717, 1.165) is 24.3 Å². The molecule has 130 valence electrons. The molecule has 0 aromatic heterocycles. The summed E-state index contributed by atoms with van der Waals surface area (Å²) in [5, 5.41) is 9.86. The number of aryl methyl sites for hydroxylation is 1. The normalized spacial score (nSPS) is 13.3. The minimum Gasteiger partial charge on any atom is -0.490 e. The molecule has 0 aliphatic carbocycles. The molecule has 3 N–H and O–H groups in total. The van der Waals surface area contributed by atoms with Crippen molar-refractivity contribution in [3.8, 4) is 11.5 Å². The fourth-order valence-corrected chi connectivity index (χ4v) is 2.24. The Bertz CT molecular complexity index is 612. The molecule has 0 fully saturated rings. The molecule has 0 aliphatic rings. The van der Waals surface area contributed by atoms with Crippen molar-refractivity contribution in [1.29, 1.82) is 0 Å². The second kappa shape index (κ2) is 8.92. The second-order valence-electron chi connectivity index (χ2n) is 6.11. The molecular weight excluding hydrogens is 326 g/mol. The van der Waals surface area contributed by atoms with Gasteiger partial charge in [0.15, 0.2) is 0 Å². The topological polar surface area (TPSA) is 64.7 Å². The van der Waals surface area contributed by atoms with Crippen molar-refractivity contribution in [3.63, 3.8) is 0 Å². The van der Waals surface area contributed by atoms with E-state index in [2.05, 4.69) is 0 Å². The molecule has 24 heavy (non-hydrogen) atoms. The van der Waals surface area contributed by atoms with E-state index in [-0.39, 0.29) is 6.61 Å². The monoisotopic (exact) mass is 349 g/mol. The van der Waals surface area contributed by atoms with Gasteiger partial charge in [-0.25, -0.2) is 0 Å². The number of hydrogen-bond acceptors (Lipinski definition) is 4. The van der Waals surface area contributed by atoms with Crippen LogP contribution in [0.2, 0.25) is 5.02 Å². The molecule has 1 atom stereocenters. The summed E-state index contributed by atoms with van der Waals surface area (Å²) in [5.74, 6) is 1.57. The Morgan fingerprint density at radius 1 is 0.958 bits per heavy atom. The van der Waals surface area contributed by atoms with E-state index in [1.165, 1.54) is 5.56 Å². The van der Waals surface area contributed by atoms with Crippen LogP contribution in [0.15, 0.2) is 48.5 Å². The van der Waals surface area contributed by atoms with Gasteiger partial charge in [0, 0.05) is 10.6 Å². The predicted octanol–water partition coefficient (Wildman–Crippen LogP) is 3.44. The molecule has 0 amide bonds. The van der Waals surface area contributed by atoms with Crippen molar-refractivity contribution in [3.05, 3.63) is 59.1 Å². The minimum atomic E-state index is -0.534. The van der Waals surface area contributed by atoms with Gasteiger partial charge in [0.2, 0.25) is 0 Å². The van der Waals surface area contributed by atoms with Gasteiger partial charge >= 0.3 is 0 Å². The largest absolute Gasteiger partial charge is 0.490 e. The zero-order valence-electron chi connectivity index (χ0n) is 13.9. The van der Waals surface area contributed by atoms with Crippen LogP contribution in [0.25, 0.3) is 0 Å². The Labute approximate surface area is 148 Å². The first-order chi connectivity index (χ1) is 11.5. The van der Waals surface area contributed by atoms with Gasteiger partial charge in [-0.05, 0) is 61.7 Å². The van der Waals surface area contributed by atoms with Crippen LogP contribution in [0.5, 0.6) is 11.5 Å². The second-order valence-corrected chi connectivity index (χ2v) is 6.54. The Morgan fingerprint density at radius 3 is 1.96 bits per heavy atom. The highest BCUT2D eigenvalue weighted by atomic mass is 35.5. The standard InChI is InChI=1S/C19H24ClNO3/c1-19(21,14-22)11-10-15-2-6-17(7-3-15)23-12-13-24-18-8-4-16(20)5-9-18/h2-9,22H,10-14,21H2,1H3. The maximum Gasteiger partial charge on any atom is 0.122 e. The molecule has 5 heteroatoms. The first kappa shape index (κ1) is 18.6. The third kappa shape index (κ3) is 6.40. The van der Waals surface area contributed by atoms with Crippen molar-refractivity contribution >= 4 is 11.6 Å². The molecule has 0 spiro atoms. The molecule has 2 aromatic carbocycles. The van der Waals surface area contributed by atoms with Crippen molar-refractivity contribution < 1.29 is 14.6 Å². The summed E-state index contributed by atoms with van der Waals surface area (Å²) in [6, 6.07) is 15.1. The number of nitrogens with two attached hydrogens (primary N) is 1. The first-order valence-corrected chi connectivity index (χ1v) is 8.36. The Balaban J connectivity index is 1.70. The lowest BCUT2D eigenvalue weighted by molar-refractivity contribution is 0.200. The Morgan fingerprint density at radius 2 is 1.46 bits per heavy atom. The predicted molar refractivity (Wildman–Crippen MR) is 96.9 cm³/mol. The van der Waals surface area contributed by atoms with E-state index in [0.29, 0.717) is 18.2 Å². The van der Waals surface area contributed by atoms with Gasteiger partial charge in [0.05, 0.1) is 6.61 Å². The van der Waals surface area contributed by atoms with Gasteiger partial charge < -0.3 is 20.3 Å². The number of aliphatic hydroxyl groups excluding tert-OH is 1. The summed E-state index contributed by atoms with van der Waals surface area (Å²) in [4.78, 5) is 0. The van der Waals surface area contributed by atoms with E-state index >= 15 is 0 Å². The molecule has 2 rings (SSSR count). The summed E-state index contributed by atoms with van der Waals surface area (Å²) in [6.07, 6.45) is 1.56. The highest BCUT2D eigenvalue weighted by Gasteiger charge is 2.16. The number of hydrogen-bond donors (Lipinski definition) is 2. The van der Waals surface area contributed by atoms with E-state index in [4.69, 9.17) is 31.9 Å². The number of rotatable bonds is 9. The van der Waals surface area contributed by atoms with Crippen LogP contribution in [0.1, 0.15) is 18.9 Å². The number of ether oxygens (including phenoxy) is 2. The highest BCUT2D eigenvalue weighted by Crippen LogP contribution is 2.17. The minimum absolute atomic E-state index is 0.0121. The van der Waals surface area contributed by atoms with Crippen LogP contribution >= 0.6 is 11.6 Å². The summed E-state index contributed by atoms with van der Waals surface area (Å²) in [7, 11) is 0. The molecule has 4 nitrogen and oxygen atoms in total. The summed E-state index contributed by atoms with van der Waals surface area (Å²) >= 11 is 5.82. The molecule has 1 unspecified atom stereocenters. The fraction of sp³-hybridized carbons (Fsp3) is 0.368. The summed E-state index contributed by atoms with van der Waals surface area (Å²) in [5.41, 5.74) is 6.57. The van der Waals surface area contributed by atoms with Crippen LogP contribution in [0.4, 0.5) is 0 Å². The van der Waals surface area contributed by atoms with Crippen molar-refractivity contribution in [1.82, 2.24) is 0 Å². The third-order valence-electron chi connectivity index (χ3n) is 3.70. The fourth-order valence-electron chi connectivity index (χ4n) is 2.11. The quantitative estimate of drug-likeness (QED) is 0.681. The molecule has 0 aliphatic heterocycles. The Kier molecular flexibility index (Phi) is 6.91. The molecule has 0 saturated heterocycles. The van der Waals surface area contributed by atoms with Crippen LogP contribution in [-0.2, 0) is 6.42 Å². The smallest absolute Gasteiger partial charge is 0.122 e. The van der Waals surface area contributed by atoms with Crippen LogP contribution in [0.3, 0.4) is 0 Å². The SMILES string of the molecule is CC(N)(CO)CCc1ccc(OCCOc2ccc(Cl)cc2)cc1. The lowest BCUT2D eigenvalue weighted by Crippen LogP contribution is -2.40. The molecule has 0 saturated carbocycles.